The van der Waals surface area contributed by atoms with E-state index in [9.17, 15) is 9.59 Å². The number of para-hydroxylation sites is 1. The topological polar surface area (TPSA) is 66.1 Å². The molecule has 3 aromatic rings. The second kappa shape index (κ2) is 9.41. The third kappa shape index (κ3) is 4.46. The molecule has 2 aromatic heterocycles. The van der Waals surface area contributed by atoms with Gasteiger partial charge in [-0.3, -0.25) is 14.2 Å². The maximum absolute atomic E-state index is 12.9. The average molecular weight is 414 g/mol. The summed E-state index contributed by atoms with van der Waals surface area (Å²) in [5.41, 5.74) is 3.32. The van der Waals surface area contributed by atoms with Crippen molar-refractivity contribution in [2.75, 3.05) is 19.5 Å². The quantitative estimate of drug-likeness (QED) is 0.303. The fourth-order valence-electron chi connectivity index (χ4n) is 3.50. The predicted octanol–water partition coefficient (Wildman–Crippen LogP) is 3.85. The summed E-state index contributed by atoms with van der Waals surface area (Å²) in [7, 11) is 1.67. The molecule has 0 amide bonds. The standard InChI is InChI=1S/C22H27N3O3S/c1-5-10-25-21(27)17-8-6-7-9-19(17)23-22(25)29-14-20(26)18-13-15(2)24(16(18)3)11-12-28-4/h6-9,13H,5,10-12,14H2,1-4H3. The van der Waals surface area contributed by atoms with Crippen molar-refractivity contribution in [1.82, 2.24) is 14.1 Å². The fourth-order valence-corrected chi connectivity index (χ4v) is 4.41. The van der Waals surface area contributed by atoms with Crippen LogP contribution < -0.4 is 5.56 Å². The molecule has 0 radical (unpaired) electrons. The molecule has 0 aliphatic heterocycles. The van der Waals surface area contributed by atoms with Crippen LogP contribution in [0.4, 0.5) is 0 Å². The molecule has 0 aliphatic carbocycles. The van der Waals surface area contributed by atoms with Gasteiger partial charge in [-0.15, -0.1) is 0 Å². The molecular formula is C22H27N3O3S. The number of nitrogens with zero attached hydrogens (tertiary/aromatic N) is 3. The van der Waals surface area contributed by atoms with E-state index in [1.54, 1.807) is 17.7 Å². The molecule has 0 saturated heterocycles. The number of Topliss-reactive ketones (excluding diaryl/α,β-unsaturated/α-hetero) is 1. The first-order valence-electron chi connectivity index (χ1n) is 9.79. The van der Waals surface area contributed by atoms with Gasteiger partial charge in [0.2, 0.25) is 0 Å². The van der Waals surface area contributed by atoms with Crippen LogP contribution >= 0.6 is 11.8 Å². The zero-order valence-corrected chi connectivity index (χ0v) is 18.2. The van der Waals surface area contributed by atoms with Crippen molar-refractivity contribution in [3.63, 3.8) is 0 Å². The normalized spacial score (nSPS) is 11.3. The van der Waals surface area contributed by atoms with Gasteiger partial charge in [0.15, 0.2) is 10.9 Å². The van der Waals surface area contributed by atoms with Crippen molar-refractivity contribution in [2.24, 2.45) is 0 Å². The van der Waals surface area contributed by atoms with E-state index in [4.69, 9.17) is 4.74 Å². The zero-order chi connectivity index (χ0) is 21.0. The van der Waals surface area contributed by atoms with Gasteiger partial charge in [0.1, 0.15) is 0 Å². The van der Waals surface area contributed by atoms with E-state index in [0.29, 0.717) is 29.2 Å². The number of thioether (sulfide) groups is 1. The van der Waals surface area contributed by atoms with Crippen LogP contribution in [-0.4, -0.2) is 39.4 Å². The molecule has 0 saturated carbocycles. The second-order valence-electron chi connectivity index (χ2n) is 7.01. The number of methoxy groups -OCH3 is 1. The fraction of sp³-hybridized carbons (Fsp3) is 0.409. The first-order chi connectivity index (χ1) is 14.0. The van der Waals surface area contributed by atoms with Gasteiger partial charge in [-0.1, -0.05) is 30.8 Å². The summed E-state index contributed by atoms with van der Waals surface area (Å²) >= 11 is 1.33. The number of hydrogen-bond acceptors (Lipinski definition) is 5. The van der Waals surface area contributed by atoms with E-state index in [-0.39, 0.29) is 17.1 Å². The van der Waals surface area contributed by atoms with E-state index in [2.05, 4.69) is 9.55 Å². The summed E-state index contributed by atoms with van der Waals surface area (Å²) in [6, 6.07) is 9.28. The van der Waals surface area contributed by atoms with Crippen LogP contribution in [0.1, 0.15) is 35.1 Å². The Morgan fingerprint density at radius 1 is 1.17 bits per heavy atom. The SMILES string of the molecule is CCCn1c(SCC(=O)c2cc(C)n(CCOC)c2C)nc2ccccc2c1=O. The molecule has 0 spiro atoms. The zero-order valence-electron chi connectivity index (χ0n) is 17.4. The Morgan fingerprint density at radius 3 is 2.66 bits per heavy atom. The highest BCUT2D eigenvalue weighted by Crippen LogP contribution is 2.22. The van der Waals surface area contributed by atoms with Crippen LogP contribution in [0.25, 0.3) is 10.9 Å². The summed E-state index contributed by atoms with van der Waals surface area (Å²) in [5, 5.41) is 1.20. The molecule has 3 rings (SSSR count). The van der Waals surface area contributed by atoms with Crippen molar-refractivity contribution in [3.8, 4) is 0 Å². The lowest BCUT2D eigenvalue weighted by molar-refractivity contribution is 0.102. The number of benzene rings is 1. The van der Waals surface area contributed by atoms with E-state index in [0.717, 1.165) is 29.9 Å². The Kier molecular flexibility index (Phi) is 6.92. The summed E-state index contributed by atoms with van der Waals surface area (Å²) in [4.78, 5) is 30.4. The third-order valence-electron chi connectivity index (χ3n) is 5.00. The predicted molar refractivity (Wildman–Crippen MR) is 117 cm³/mol. The van der Waals surface area contributed by atoms with Gasteiger partial charge in [0, 0.05) is 37.2 Å². The van der Waals surface area contributed by atoms with Crippen molar-refractivity contribution >= 4 is 28.4 Å². The van der Waals surface area contributed by atoms with Gasteiger partial charge in [0.05, 0.1) is 23.3 Å². The Morgan fingerprint density at radius 2 is 1.93 bits per heavy atom. The van der Waals surface area contributed by atoms with Crippen LogP contribution in [0.3, 0.4) is 0 Å². The molecule has 0 fully saturated rings. The van der Waals surface area contributed by atoms with Crippen LogP contribution in [-0.2, 0) is 17.8 Å². The van der Waals surface area contributed by atoms with Crippen LogP contribution in [0.2, 0.25) is 0 Å². The van der Waals surface area contributed by atoms with Gasteiger partial charge in [0.25, 0.3) is 5.56 Å². The van der Waals surface area contributed by atoms with E-state index in [1.807, 2.05) is 45.0 Å². The highest BCUT2D eigenvalue weighted by molar-refractivity contribution is 7.99. The number of ether oxygens (including phenoxy) is 1. The van der Waals surface area contributed by atoms with Crippen LogP contribution in [0, 0.1) is 13.8 Å². The first kappa shape index (κ1) is 21.3. The number of carbonyl (C=O) groups excluding carboxylic acids is 1. The largest absolute Gasteiger partial charge is 0.383 e. The van der Waals surface area contributed by atoms with Gasteiger partial charge in [-0.25, -0.2) is 4.98 Å². The molecule has 0 N–H and O–H groups in total. The molecule has 29 heavy (non-hydrogen) atoms. The number of carbonyl (C=O) groups is 1. The van der Waals surface area contributed by atoms with Gasteiger partial charge in [-0.2, -0.15) is 0 Å². The summed E-state index contributed by atoms with van der Waals surface area (Å²) < 4.78 is 8.95. The Hall–Kier alpha value is -2.38. The molecule has 7 heteroatoms. The van der Waals surface area contributed by atoms with Crippen LogP contribution in [0.5, 0.6) is 0 Å². The lowest BCUT2D eigenvalue weighted by atomic mass is 10.2. The van der Waals surface area contributed by atoms with Crippen molar-refractivity contribution in [2.45, 2.75) is 45.4 Å². The molecule has 0 atom stereocenters. The van der Waals surface area contributed by atoms with E-state index < -0.39 is 0 Å². The minimum atomic E-state index is -0.0508. The number of ketones is 1. The molecule has 6 nitrogen and oxygen atoms in total. The Labute approximate surface area is 174 Å². The molecule has 1 aromatic carbocycles. The van der Waals surface area contributed by atoms with E-state index >= 15 is 0 Å². The maximum atomic E-state index is 12.9. The smallest absolute Gasteiger partial charge is 0.262 e. The Bertz CT molecular complexity index is 1080. The van der Waals surface area contributed by atoms with Gasteiger partial charge >= 0.3 is 0 Å². The van der Waals surface area contributed by atoms with Crippen molar-refractivity contribution in [3.05, 3.63) is 57.6 Å². The number of rotatable bonds is 9. The minimum Gasteiger partial charge on any atom is -0.383 e. The summed E-state index contributed by atoms with van der Waals surface area (Å²) in [6.45, 7) is 7.88. The van der Waals surface area contributed by atoms with Gasteiger partial charge < -0.3 is 9.30 Å². The highest BCUT2D eigenvalue weighted by Gasteiger charge is 2.18. The summed E-state index contributed by atoms with van der Waals surface area (Å²) in [6.07, 6.45) is 0.822. The molecular weight excluding hydrogens is 386 g/mol. The lowest BCUT2D eigenvalue weighted by Crippen LogP contribution is -2.23. The first-order valence-corrected chi connectivity index (χ1v) is 10.8. The second-order valence-corrected chi connectivity index (χ2v) is 7.95. The van der Waals surface area contributed by atoms with E-state index in [1.165, 1.54) is 11.8 Å². The average Bonchev–Trinajstić information content (AvgIpc) is 3.00. The third-order valence-corrected chi connectivity index (χ3v) is 5.98. The maximum Gasteiger partial charge on any atom is 0.262 e. The molecule has 0 aliphatic rings. The number of fused-ring (bicyclic) bond motifs is 1. The molecule has 0 bridgehead atoms. The molecule has 2 heterocycles. The summed E-state index contributed by atoms with van der Waals surface area (Å²) in [5.74, 6) is 0.278. The monoisotopic (exact) mass is 413 g/mol. The lowest BCUT2D eigenvalue weighted by Gasteiger charge is -2.12. The number of aromatic nitrogens is 3. The molecule has 0 unspecified atom stereocenters. The van der Waals surface area contributed by atoms with Crippen molar-refractivity contribution in [1.29, 1.82) is 0 Å². The van der Waals surface area contributed by atoms with Crippen LogP contribution in [0.15, 0.2) is 40.3 Å². The van der Waals surface area contributed by atoms with Gasteiger partial charge in [-0.05, 0) is 38.5 Å². The van der Waals surface area contributed by atoms with Crippen molar-refractivity contribution < 1.29 is 9.53 Å². The number of hydrogen-bond donors (Lipinski definition) is 0. The highest BCUT2D eigenvalue weighted by atomic mass is 32.2. The molecule has 154 valence electrons. The number of aryl methyl sites for hydroxylation is 1. The Balaban J connectivity index is 1.86. The minimum absolute atomic E-state index is 0.0391.